The molecule has 7 aromatic carbocycles. The predicted molar refractivity (Wildman–Crippen MR) is 209 cm³/mol. The van der Waals surface area contributed by atoms with Crippen molar-refractivity contribution in [3.63, 3.8) is 0 Å². The number of nitrogens with zero attached hydrogens (tertiary/aromatic N) is 4. The molecule has 238 valence electrons. The molecule has 5 nitrogen and oxygen atoms in total. The summed E-state index contributed by atoms with van der Waals surface area (Å²) in [6.45, 7) is 0. The summed E-state index contributed by atoms with van der Waals surface area (Å²) in [7, 11) is 0. The molecule has 0 fully saturated rings. The van der Waals surface area contributed by atoms with Gasteiger partial charge in [-0.15, -0.1) is 0 Å². The number of para-hydroxylation sites is 3. The van der Waals surface area contributed by atoms with Gasteiger partial charge in [-0.3, -0.25) is 4.57 Å². The average Bonchev–Trinajstić information content (AvgIpc) is 3.83. The van der Waals surface area contributed by atoms with Crippen LogP contribution >= 0.6 is 0 Å². The Morgan fingerprint density at radius 3 is 1.75 bits per heavy atom. The topological polar surface area (TPSA) is 48.8 Å². The first-order valence-corrected chi connectivity index (χ1v) is 17.2. The Morgan fingerprint density at radius 1 is 0.373 bits per heavy atom. The molecule has 0 radical (unpaired) electrons. The Morgan fingerprint density at radius 2 is 0.961 bits per heavy atom. The number of aromatic nitrogens is 4. The fraction of sp³-hybridized carbons (Fsp3) is 0. The van der Waals surface area contributed by atoms with Gasteiger partial charge in [0.05, 0.1) is 27.8 Å². The maximum atomic E-state index is 6.41. The van der Waals surface area contributed by atoms with E-state index in [1.807, 2.05) is 36.4 Å². The largest absolute Gasteiger partial charge is 0.456 e. The fourth-order valence-electron chi connectivity index (χ4n) is 7.82. The molecule has 4 aromatic heterocycles. The maximum Gasteiger partial charge on any atom is 0.162 e. The number of benzene rings is 7. The second-order valence-electron chi connectivity index (χ2n) is 13.0. The fourth-order valence-corrected chi connectivity index (χ4v) is 7.82. The normalized spacial score (nSPS) is 11.9. The van der Waals surface area contributed by atoms with E-state index in [2.05, 4.69) is 143 Å². The van der Waals surface area contributed by atoms with Crippen molar-refractivity contribution in [3.8, 4) is 34.2 Å². The van der Waals surface area contributed by atoms with E-state index in [1.54, 1.807) is 0 Å². The Hall–Kier alpha value is -6.98. The number of rotatable bonds is 4. The van der Waals surface area contributed by atoms with E-state index in [4.69, 9.17) is 14.4 Å². The summed E-state index contributed by atoms with van der Waals surface area (Å²) >= 11 is 0. The number of hydrogen-bond acceptors (Lipinski definition) is 3. The van der Waals surface area contributed by atoms with Crippen LogP contribution in [0.1, 0.15) is 0 Å². The van der Waals surface area contributed by atoms with Crippen LogP contribution in [0, 0.1) is 0 Å². The van der Waals surface area contributed by atoms with Gasteiger partial charge in [0, 0.05) is 61.3 Å². The lowest BCUT2D eigenvalue weighted by Gasteiger charge is -2.12. The number of hydrogen-bond donors (Lipinski definition) is 0. The SMILES string of the molecule is c1ccc(-c2cc(-n3c4ccccc4c4cc5c(cc43)c3cc4c(cc3n5-c3ccccc3)oc3ccccc34)nc(-c3ccccc3)n2)cc1. The van der Waals surface area contributed by atoms with Crippen LogP contribution in [0.4, 0.5) is 0 Å². The first-order chi connectivity index (χ1) is 25.3. The third kappa shape index (κ3) is 4.22. The third-order valence-corrected chi connectivity index (χ3v) is 10.1. The van der Waals surface area contributed by atoms with E-state index in [-0.39, 0.29) is 0 Å². The van der Waals surface area contributed by atoms with Crippen LogP contribution in [0.25, 0.3) is 99.7 Å². The highest BCUT2D eigenvalue weighted by atomic mass is 16.3. The van der Waals surface area contributed by atoms with Crippen molar-refractivity contribution in [1.82, 2.24) is 19.1 Å². The molecule has 0 atom stereocenters. The van der Waals surface area contributed by atoms with Crippen molar-refractivity contribution < 1.29 is 4.42 Å². The number of furan rings is 1. The quantitative estimate of drug-likeness (QED) is 0.190. The van der Waals surface area contributed by atoms with Gasteiger partial charge in [-0.1, -0.05) is 115 Å². The highest BCUT2D eigenvalue weighted by Gasteiger charge is 2.21. The van der Waals surface area contributed by atoms with E-state index >= 15 is 0 Å². The van der Waals surface area contributed by atoms with Gasteiger partial charge in [0.15, 0.2) is 5.82 Å². The van der Waals surface area contributed by atoms with Crippen molar-refractivity contribution in [1.29, 1.82) is 0 Å². The van der Waals surface area contributed by atoms with E-state index in [0.717, 1.165) is 77.7 Å². The van der Waals surface area contributed by atoms with Gasteiger partial charge in [-0.05, 0) is 42.5 Å². The van der Waals surface area contributed by atoms with Gasteiger partial charge in [-0.2, -0.15) is 0 Å². The minimum atomic E-state index is 0.689. The highest BCUT2D eigenvalue weighted by Crippen LogP contribution is 2.42. The summed E-state index contributed by atoms with van der Waals surface area (Å²) < 4.78 is 11.1. The third-order valence-electron chi connectivity index (χ3n) is 10.1. The van der Waals surface area contributed by atoms with Gasteiger partial charge in [0.1, 0.15) is 17.0 Å². The second kappa shape index (κ2) is 10.8. The van der Waals surface area contributed by atoms with Crippen LogP contribution in [-0.4, -0.2) is 19.1 Å². The molecule has 0 unspecified atom stereocenters. The molecule has 0 spiro atoms. The molecular weight excluding hydrogens is 625 g/mol. The van der Waals surface area contributed by atoms with Gasteiger partial charge in [0.25, 0.3) is 0 Å². The lowest BCUT2D eigenvalue weighted by molar-refractivity contribution is 0.669. The first kappa shape index (κ1) is 27.9. The average molecular weight is 653 g/mol. The van der Waals surface area contributed by atoms with E-state index in [9.17, 15) is 0 Å². The van der Waals surface area contributed by atoms with Crippen molar-refractivity contribution >= 4 is 65.6 Å². The van der Waals surface area contributed by atoms with Crippen LogP contribution in [-0.2, 0) is 0 Å². The molecule has 0 aliphatic carbocycles. The second-order valence-corrected chi connectivity index (χ2v) is 13.0. The molecule has 51 heavy (non-hydrogen) atoms. The zero-order chi connectivity index (χ0) is 33.5. The summed E-state index contributed by atoms with van der Waals surface area (Å²) in [5.41, 5.74) is 10.2. The van der Waals surface area contributed by atoms with E-state index in [0.29, 0.717) is 5.82 Å². The van der Waals surface area contributed by atoms with Crippen molar-refractivity contribution in [2.45, 2.75) is 0 Å². The Labute approximate surface area is 292 Å². The van der Waals surface area contributed by atoms with Gasteiger partial charge >= 0.3 is 0 Å². The Kier molecular flexibility index (Phi) is 5.89. The minimum Gasteiger partial charge on any atom is -0.456 e. The summed E-state index contributed by atoms with van der Waals surface area (Å²) in [4.78, 5) is 10.4. The number of fused-ring (bicyclic) bond motifs is 9. The first-order valence-electron chi connectivity index (χ1n) is 17.2. The molecule has 4 heterocycles. The monoisotopic (exact) mass is 652 g/mol. The molecule has 11 aromatic rings. The van der Waals surface area contributed by atoms with Crippen LogP contribution in [0.15, 0.2) is 174 Å². The van der Waals surface area contributed by atoms with E-state index in [1.165, 1.54) is 16.2 Å². The van der Waals surface area contributed by atoms with Gasteiger partial charge < -0.3 is 8.98 Å². The minimum absolute atomic E-state index is 0.689. The van der Waals surface area contributed by atoms with Crippen LogP contribution in [0.3, 0.4) is 0 Å². The van der Waals surface area contributed by atoms with Crippen molar-refractivity contribution in [2.75, 3.05) is 0 Å². The van der Waals surface area contributed by atoms with Crippen molar-refractivity contribution in [3.05, 3.63) is 170 Å². The Balaban J connectivity index is 1.27. The maximum absolute atomic E-state index is 6.41. The predicted octanol–water partition coefficient (Wildman–Crippen LogP) is 11.9. The molecule has 5 heteroatoms. The summed E-state index contributed by atoms with van der Waals surface area (Å²) in [5, 5.41) is 6.89. The molecule has 0 saturated heterocycles. The zero-order valence-electron chi connectivity index (χ0n) is 27.4. The van der Waals surface area contributed by atoms with E-state index < -0.39 is 0 Å². The smallest absolute Gasteiger partial charge is 0.162 e. The lowest BCUT2D eigenvalue weighted by Crippen LogP contribution is -2.02. The van der Waals surface area contributed by atoms with Crippen LogP contribution in [0.5, 0.6) is 0 Å². The van der Waals surface area contributed by atoms with Gasteiger partial charge in [0.2, 0.25) is 0 Å². The van der Waals surface area contributed by atoms with Crippen molar-refractivity contribution in [2.24, 2.45) is 0 Å². The van der Waals surface area contributed by atoms with Crippen LogP contribution < -0.4 is 0 Å². The standard InChI is InChI=1S/C46H28N4O/c1-4-14-29(15-5-1)38-27-45(48-46(47-38)30-16-6-2-7-17-30)50-39-22-12-10-20-32(39)35-25-40-36(26-41(35)50)34-24-37-33-21-11-13-23-43(33)51-44(37)28-42(34)49(40)31-18-8-3-9-19-31/h1-28H. The summed E-state index contributed by atoms with van der Waals surface area (Å²) in [6, 6.07) is 59.5. The zero-order valence-corrected chi connectivity index (χ0v) is 27.4. The molecule has 0 amide bonds. The summed E-state index contributed by atoms with van der Waals surface area (Å²) in [5.74, 6) is 1.51. The molecule has 0 aliphatic heterocycles. The summed E-state index contributed by atoms with van der Waals surface area (Å²) in [6.07, 6.45) is 0. The molecule has 0 N–H and O–H groups in total. The highest BCUT2D eigenvalue weighted by molar-refractivity contribution is 6.22. The van der Waals surface area contributed by atoms with Crippen LogP contribution in [0.2, 0.25) is 0 Å². The van der Waals surface area contributed by atoms with Gasteiger partial charge in [-0.25, -0.2) is 9.97 Å². The molecule has 0 saturated carbocycles. The Bertz CT molecular complexity index is 3060. The molecule has 0 bridgehead atoms. The lowest BCUT2D eigenvalue weighted by atomic mass is 10.1. The molecular formula is C46H28N4O. The molecule has 11 rings (SSSR count). The molecule has 0 aliphatic rings.